The molecule has 1 N–H and O–H groups in total. The highest BCUT2D eigenvalue weighted by Gasteiger charge is 2.05. The number of rotatable bonds is 5. The normalized spacial score (nSPS) is 10.5. The second kappa shape index (κ2) is 5.72. The van der Waals surface area contributed by atoms with Gasteiger partial charge in [0, 0.05) is 24.5 Å². The number of nitrogens with zero attached hydrogens (tertiary/aromatic N) is 2. The lowest BCUT2D eigenvalue weighted by Crippen LogP contribution is -1.99. The third-order valence-electron chi connectivity index (χ3n) is 2.25. The van der Waals surface area contributed by atoms with Crippen molar-refractivity contribution in [3.8, 4) is 0 Å². The standard InChI is InChI=1S/C12H14FN3S/c1-2-6-14-12-15-11(16-17-12)8-9-4-3-5-10(13)7-9/h3-5,7H,2,6,8H2,1H3,(H,14,15,16). The molecule has 2 rings (SSSR count). The van der Waals surface area contributed by atoms with E-state index in [1.54, 1.807) is 6.07 Å². The van der Waals surface area contributed by atoms with Gasteiger partial charge in [0.1, 0.15) is 11.6 Å². The molecule has 17 heavy (non-hydrogen) atoms. The molecule has 0 bridgehead atoms. The molecule has 1 heterocycles. The van der Waals surface area contributed by atoms with Crippen molar-refractivity contribution in [1.29, 1.82) is 0 Å². The van der Waals surface area contributed by atoms with Crippen LogP contribution in [0.1, 0.15) is 24.7 Å². The fourth-order valence-electron chi connectivity index (χ4n) is 1.46. The summed E-state index contributed by atoms with van der Waals surface area (Å²) in [7, 11) is 0. The van der Waals surface area contributed by atoms with Crippen LogP contribution in [0, 0.1) is 5.82 Å². The monoisotopic (exact) mass is 251 g/mol. The molecule has 2 aromatic rings. The predicted octanol–water partition coefficient (Wildman–Crippen LogP) is 3.09. The highest BCUT2D eigenvalue weighted by Crippen LogP contribution is 2.14. The number of anilines is 1. The van der Waals surface area contributed by atoms with Crippen molar-refractivity contribution in [2.45, 2.75) is 19.8 Å². The van der Waals surface area contributed by atoms with E-state index in [1.807, 2.05) is 6.07 Å². The van der Waals surface area contributed by atoms with Gasteiger partial charge in [0.15, 0.2) is 0 Å². The summed E-state index contributed by atoms with van der Waals surface area (Å²) in [6, 6.07) is 6.53. The molecule has 3 nitrogen and oxygen atoms in total. The van der Waals surface area contributed by atoms with Crippen molar-refractivity contribution in [3.05, 3.63) is 41.5 Å². The molecule has 0 unspecified atom stereocenters. The van der Waals surface area contributed by atoms with E-state index in [9.17, 15) is 4.39 Å². The van der Waals surface area contributed by atoms with Crippen LogP contribution in [0.15, 0.2) is 24.3 Å². The van der Waals surface area contributed by atoms with E-state index in [0.29, 0.717) is 6.42 Å². The van der Waals surface area contributed by atoms with Crippen LogP contribution in [0.5, 0.6) is 0 Å². The van der Waals surface area contributed by atoms with Gasteiger partial charge >= 0.3 is 0 Å². The molecule has 0 saturated carbocycles. The molecule has 0 fully saturated rings. The maximum absolute atomic E-state index is 13.0. The molecule has 0 aliphatic heterocycles. The Morgan fingerprint density at radius 1 is 1.41 bits per heavy atom. The quantitative estimate of drug-likeness (QED) is 0.887. The minimum atomic E-state index is -0.220. The van der Waals surface area contributed by atoms with E-state index in [0.717, 1.165) is 29.5 Å². The van der Waals surface area contributed by atoms with Gasteiger partial charge in [0.05, 0.1) is 0 Å². The lowest BCUT2D eigenvalue weighted by molar-refractivity contribution is 0.626. The van der Waals surface area contributed by atoms with Gasteiger partial charge in [-0.3, -0.25) is 0 Å². The second-order valence-corrected chi connectivity index (χ2v) is 4.50. The molecule has 0 radical (unpaired) electrons. The van der Waals surface area contributed by atoms with Gasteiger partial charge in [-0.2, -0.15) is 4.37 Å². The third kappa shape index (κ3) is 3.49. The van der Waals surface area contributed by atoms with Gasteiger partial charge in [-0.25, -0.2) is 9.37 Å². The lowest BCUT2D eigenvalue weighted by Gasteiger charge is -1.98. The lowest BCUT2D eigenvalue weighted by atomic mass is 10.1. The van der Waals surface area contributed by atoms with Crippen molar-refractivity contribution in [2.24, 2.45) is 0 Å². The van der Waals surface area contributed by atoms with Crippen molar-refractivity contribution in [1.82, 2.24) is 9.36 Å². The van der Waals surface area contributed by atoms with Gasteiger partial charge < -0.3 is 5.32 Å². The second-order valence-electron chi connectivity index (χ2n) is 3.75. The Kier molecular flexibility index (Phi) is 4.03. The first-order valence-electron chi connectivity index (χ1n) is 5.59. The Bertz CT molecular complexity index is 484. The highest BCUT2D eigenvalue weighted by atomic mass is 32.1. The van der Waals surface area contributed by atoms with Crippen LogP contribution in [0.4, 0.5) is 9.52 Å². The van der Waals surface area contributed by atoms with E-state index in [1.165, 1.54) is 23.7 Å². The first-order chi connectivity index (χ1) is 8.28. The first-order valence-corrected chi connectivity index (χ1v) is 6.36. The molecule has 1 aromatic carbocycles. The zero-order chi connectivity index (χ0) is 12.1. The Morgan fingerprint density at radius 3 is 3.06 bits per heavy atom. The van der Waals surface area contributed by atoms with Gasteiger partial charge in [-0.15, -0.1) is 0 Å². The molecule has 0 amide bonds. The zero-order valence-electron chi connectivity index (χ0n) is 9.61. The fraction of sp³-hybridized carbons (Fsp3) is 0.333. The smallest absolute Gasteiger partial charge is 0.202 e. The van der Waals surface area contributed by atoms with Crippen molar-refractivity contribution in [2.75, 3.05) is 11.9 Å². The number of benzene rings is 1. The van der Waals surface area contributed by atoms with Gasteiger partial charge in [-0.05, 0) is 24.1 Å². The number of aromatic nitrogens is 2. The van der Waals surface area contributed by atoms with Crippen molar-refractivity contribution < 1.29 is 4.39 Å². The van der Waals surface area contributed by atoms with Crippen LogP contribution in [-0.2, 0) is 6.42 Å². The molecule has 1 aromatic heterocycles. The Morgan fingerprint density at radius 2 is 2.29 bits per heavy atom. The van der Waals surface area contributed by atoms with Crippen LogP contribution in [-0.4, -0.2) is 15.9 Å². The van der Waals surface area contributed by atoms with Gasteiger partial charge in [0.2, 0.25) is 5.13 Å². The van der Waals surface area contributed by atoms with Crippen molar-refractivity contribution in [3.63, 3.8) is 0 Å². The van der Waals surface area contributed by atoms with Crippen LogP contribution < -0.4 is 5.32 Å². The fourth-order valence-corrected chi connectivity index (χ4v) is 2.07. The molecule has 0 aliphatic carbocycles. The molecule has 0 saturated heterocycles. The van der Waals surface area contributed by atoms with E-state index in [2.05, 4.69) is 21.6 Å². The molecular formula is C12H14FN3S. The Balaban J connectivity index is 2.01. The summed E-state index contributed by atoms with van der Waals surface area (Å²) in [5.41, 5.74) is 0.893. The summed E-state index contributed by atoms with van der Waals surface area (Å²) in [5, 5.41) is 4.01. The summed E-state index contributed by atoms with van der Waals surface area (Å²) >= 11 is 1.35. The summed E-state index contributed by atoms with van der Waals surface area (Å²) in [6.07, 6.45) is 1.63. The van der Waals surface area contributed by atoms with Gasteiger partial charge in [-0.1, -0.05) is 19.1 Å². The van der Waals surface area contributed by atoms with Crippen LogP contribution in [0.3, 0.4) is 0 Å². The zero-order valence-corrected chi connectivity index (χ0v) is 10.4. The third-order valence-corrected chi connectivity index (χ3v) is 2.96. The molecule has 0 spiro atoms. The summed E-state index contributed by atoms with van der Waals surface area (Å²) < 4.78 is 17.2. The van der Waals surface area contributed by atoms with Crippen LogP contribution in [0.25, 0.3) is 0 Å². The maximum Gasteiger partial charge on any atom is 0.202 e. The van der Waals surface area contributed by atoms with Gasteiger partial charge in [0.25, 0.3) is 0 Å². The average molecular weight is 251 g/mol. The molecular weight excluding hydrogens is 237 g/mol. The topological polar surface area (TPSA) is 37.8 Å². The van der Waals surface area contributed by atoms with E-state index < -0.39 is 0 Å². The number of hydrogen-bond donors (Lipinski definition) is 1. The maximum atomic E-state index is 13.0. The Labute approximate surface area is 104 Å². The minimum absolute atomic E-state index is 0.220. The first kappa shape index (κ1) is 12.0. The van der Waals surface area contributed by atoms with E-state index in [4.69, 9.17) is 0 Å². The highest BCUT2D eigenvalue weighted by molar-refractivity contribution is 7.09. The molecule has 0 atom stereocenters. The van der Waals surface area contributed by atoms with E-state index in [-0.39, 0.29) is 5.82 Å². The number of nitrogens with one attached hydrogen (secondary N) is 1. The largest absolute Gasteiger partial charge is 0.360 e. The van der Waals surface area contributed by atoms with E-state index >= 15 is 0 Å². The Hall–Kier alpha value is -1.49. The summed E-state index contributed by atoms with van der Waals surface area (Å²) in [4.78, 5) is 4.35. The SMILES string of the molecule is CCCNc1nc(Cc2cccc(F)c2)ns1. The average Bonchev–Trinajstić information content (AvgIpc) is 2.74. The van der Waals surface area contributed by atoms with Crippen LogP contribution in [0.2, 0.25) is 0 Å². The van der Waals surface area contributed by atoms with Crippen molar-refractivity contribution >= 4 is 16.7 Å². The molecule has 0 aliphatic rings. The summed E-state index contributed by atoms with van der Waals surface area (Å²) in [6.45, 7) is 3.00. The number of halogens is 1. The molecule has 90 valence electrons. The number of hydrogen-bond acceptors (Lipinski definition) is 4. The summed E-state index contributed by atoms with van der Waals surface area (Å²) in [5.74, 6) is 0.515. The predicted molar refractivity (Wildman–Crippen MR) is 67.9 cm³/mol. The minimum Gasteiger partial charge on any atom is -0.360 e. The molecule has 5 heteroatoms. The van der Waals surface area contributed by atoms with Crippen LogP contribution >= 0.6 is 11.5 Å².